The molecule has 20 heavy (non-hydrogen) atoms. The first-order valence-electron chi connectivity index (χ1n) is 7.61. The zero-order valence-corrected chi connectivity index (χ0v) is 12.8. The van der Waals surface area contributed by atoms with Crippen molar-refractivity contribution >= 4 is 11.3 Å². The van der Waals surface area contributed by atoms with Gasteiger partial charge in [-0.25, -0.2) is 0 Å². The normalized spacial score (nSPS) is 19.6. The summed E-state index contributed by atoms with van der Waals surface area (Å²) in [5.74, 6) is 0.516. The van der Waals surface area contributed by atoms with Crippen molar-refractivity contribution in [3.63, 3.8) is 0 Å². The summed E-state index contributed by atoms with van der Waals surface area (Å²) in [4.78, 5) is 1.18. The highest BCUT2D eigenvalue weighted by Crippen LogP contribution is 2.39. The monoisotopic (exact) mass is 286 g/mol. The first-order chi connectivity index (χ1) is 9.79. The van der Waals surface area contributed by atoms with E-state index in [0.29, 0.717) is 5.92 Å². The fraction of sp³-hybridized carbons (Fsp3) is 0.444. The lowest BCUT2D eigenvalue weighted by atomic mass is 9.79. The summed E-state index contributed by atoms with van der Waals surface area (Å²) in [6.07, 6.45) is 5.23. The quantitative estimate of drug-likeness (QED) is 0.851. The van der Waals surface area contributed by atoms with Gasteiger partial charge in [-0.15, -0.1) is 11.3 Å². The van der Waals surface area contributed by atoms with E-state index in [9.17, 15) is 5.11 Å². The number of hydrogen-bond acceptors (Lipinski definition) is 2. The Morgan fingerprint density at radius 1 is 1.30 bits per heavy atom. The molecule has 1 aromatic carbocycles. The molecule has 2 aromatic rings. The van der Waals surface area contributed by atoms with Crippen LogP contribution in [-0.4, -0.2) is 5.11 Å². The van der Waals surface area contributed by atoms with Gasteiger partial charge in [0, 0.05) is 4.88 Å². The molecule has 1 N–H and O–H groups in total. The van der Waals surface area contributed by atoms with Gasteiger partial charge in [0.1, 0.15) is 0 Å². The average molecular weight is 286 g/mol. The summed E-state index contributed by atoms with van der Waals surface area (Å²) >= 11 is 1.70. The predicted octanol–water partition coefficient (Wildman–Crippen LogP) is 4.85. The molecule has 2 unspecified atom stereocenters. The van der Waals surface area contributed by atoms with Crippen LogP contribution in [0.25, 0.3) is 0 Å². The van der Waals surface area contributed by atoms with E-state index in [1.807, 2.05) is 0 Å². The number of hydrogen-bond donors (Lipinski definition) is 1. The van der Waals surface area contributed by atoms with Gasteiger partial charge in [-0.1, -0.05) is 31.2 Å². The van der Waals surface area contributed by atoms with E-state index in [1.54, 1.807) is 11.3 Å². The first-order valence-corrected chi connectivity index (χ1v) is 8.49. The Bertz CT molecular complexity index is 572. The fourth-order valence-electron chi connectivity index (χ4n) is 3.41. The lowest BCUT2D eigenvalue weighted by Crippen LogP contribution is -2.13. The van der Waals surface area contributed by atoms with Crippen molar-refractivity contribution < 1.29 is 5.11 Å². The van der Waals surface area contributed by atoms with Gasteiger partial charge >= 0.3 is 0 Å². The molecule has 0 fully saturated rings. The van der Waals surface area contributed by atoms with E-state index in [-0.39, 0.29) is 6.10 Å². The van der Waals surface area contributed by atoms with Crippen molar-refractivity contribution in [3.05, 3.63) is 57.3 Å². The van der Waals surface area contributed by atoms with Crippen molar-refractivity contribution in [2.24, 2.45) is 0 Å². The van der Waals surface area contributed by atoms with Crippen LogP contribution in [-0.2, 0) is 12.8 Å². The molecule has 0 spiro atoms. The Labute approximate surface area is 125 Å². The van der Waals surface area contributed by atoms with Crippen molar-refractivity contribution in [2.75, 3.05) is 0 Å². The van der Waals surface area contributed by atoms with Crippen molar-refractivity contribution in [3.8, 4) is 0 Å². The van der Waals surface area contributed by atoms with Crippen molar-refractivity contribution in [1.29, 1.82) is 0 Å². The van der Waals surface area contributed by atoms with Crippen LogP contribution >= 0.6 is 11.3 Å². The third-order valence-electron chi connectivity index (χ3n) is 4.47. The molecule has 0 saturated carbocycles. The molecule has 106 valence electrons. The Morgan fingerprint density at radius 2 is 2.15 bits per heavy atom. The van der Waals surface area contributed by atoms with Crippen LogP contribution in [0.5, 0.6) is 0 Å². The molecular weight excluding hydrogens is 264 g/mol. The van der Waals surface area contributed by atoms with Crippen LogP contribution in [0.1, 0.15) is 59.8 Å². The summed E-state index contributed by atoms with van der Waals surface area (Å²) in [5.41, 5.74) is 4.26. The fourth-order valence-corrected chi connectivity index (χ4v) is 4.40. The van der Waals surface area contributed by atoms with E-state index < -0.39 is 0 Å². The molecule has 1 nitrogen and oxygen atoms in total. The molecule has 0 saturated heterocycles. The molecule has 1 aromatic heterocycles. The number of benzene rings is 1. The number of thiophene rings is 1. The minimum atomic E-state index is -0.305. The molecule has 1 heterocycles. The summed E-state index contributed by atoms with van der Waals surface area (Å²) in [7, 11) is 0. The van der Waals surface area contributed by atoms with Crippen LogP contribution < -0.4 is 0 Å². The summed E-state index contributed by atoms with van der Waals surface area (Å²) in [5, 5.41) is 12.7. The summed E-state index contributed by atoms with van der Waals surface area (Å²) < 4.78 is 0. The molecule has 3 rings (SSSR count). The van der Waals surface area contributed by atoms with E-state index in [1.165, 1.54) is 40.8 Å². The molecule has 0 amide bonds. The minimum absolute atomic E-state index is 0.305. The lowest BCUT2D eigenvalue weighted by Gasteiger charge is -2.27. The van der Waals surface area contributed by atoms with E-state index in [2.05, 4.69) is 42.6 Å². The van der Waals surface area contributed by atoms with Crippen molar-refractivity contribution in [2.45, 2.75) is 51.0 Å². The SMILES string of the molecule is CCc1ccsc1C(O)CC1CCCc2ccccc21. The molecule has 2 atom stereocenters. The van der Waals surface area contributed by atoms with Gasteiger partial charge in [-0.05, 0) is 66.2 Å². The number of aliphatic hydroxyl groups excluding tert-OH is 1. The van der Waals surface area contributed by atoms with Crippen LogP contribution in [0.15, 0.2) is 35.7 Å². The van der Waals surface area contributed by atoms with Crippen LogP contribution in [0.3, 0.4) is 0 Å². The highest BCUT2D eigenvalue weighted by molar-refractivity contribution is 7.10. The maximum atomic E-state index is 10.6. The second kappa shape index (κ2) is 6.11. The molecule has 1 aliphatic rings. The largest absolute Gasteiger partial charge is 0.388 e. The first kappa shape index (κ1) is 13.8. The second-order valence-electron chi connectivity index (χ2n) is 5.70. The highest BCUT2D eigenvalue weighted by atomic mass is 32.1. The molecule has 0 aliphatic heterocycles. The topological polar surface area (TPSA) is 20.2 Å². The summed E-state index contributed by atoms with van der Waals surface area (Å²) in [6, 6.07) is 10.9. The van der Waals surface area contributed by atoms with Gasteiger partial charge in [0.25, 0.3) is 0 Å². The lowest BCUT2D eigenvalue weighted by molar-refractivity contribution is 0.157. The Kier molecular flexibility index (Phi) is 4.23. The molecule has 2 heteroatoms. The smallest absolute Gasteiger partial charge is 0.0890 e. The van der Waals surface area contributed by atoms with Gasteiger partial charge in [0.05, 0.1) is 6.10 Å². The third-order valence-corrected chi connectivity index (χ3v) is 5.53. The zero-order valence-electron chi connectivity index (χ0n) is 12.0. The molecular formula is C18H22OS. The average Bonchev–Trinajstić information content (AvgIpc) is 2.96. The third kappa shape index (κ3) is 2.68. The van der Waals surface area contributed by atoms with Gasteiger partial charge in [-0.3, -0.25) is 0 Å². The Morgan fingerprint density at radius 3 is 3.00 bits per heavy atom. The maximum Gasteiger partial charge on any atom is 0.0890 e. The number of rotatable bonds is 4. The van der Waals surface area contributed by atoms with Crippen LogP contribution in [0, 0.1) is 0 Å². The van der Waals surface area contributed by atoms with Gasteiger partial charge < -0.3 is 5.11 Å². The minimum Gasteiger partial charge on any atom is -0.388 e. The highest BCUT2D eigenvalue weighted by Gasteiger charge is 2.24. The van der Waals surface area contributed by atoms with E-state index in [0.717, 1.165) is 12.8 Å². The van der Waals surface area contributed by atoms with Crippen LogP contribution in [0.2, 0.25) is 0 Å². The standard InChI is InChI=1S/C18H22OS/c1-2-13-10-11-20-18(13)17(19)12-15-8-5-7-14-6-3-4-9-16(14)15/h3-4,6,9-11,15,17,19H,2,5,7-8,12H2,1H3. The second-order valence-corrected chi connectivity index (χ2v) is 6.65. The summed E-state index contributed by atoms with van der Waals surface area (Å²) in [6.45, 7) is 2.16. The van der Waals surface area contributed by atoms with Gasteiger partial charge in [-0.2, -0.15) is 0 Å². The van der Waals surface area contributed by atoms with Gasteiger partial charge in [0.2, 0.25) is 0 Å². The Hall–Kier alpha value is -1.12. The van der Waals surface area contributed by atoms with E-state index in [4.69, 9.17) is 0 Å². The molecule has 1 aliphatic carbocycles. The Balaban J connectivity index is 1.79. The maximum absolute atomic E-state index is 10.6. The van der Waals surface area contributed by atoms with Crippen LogP contribution in [0.4, 0.5) is 0 Å². The van der Waals surface area contributed by atoms with Crippen molar-refractivity contribution in [1.82, 2.24) is 0 Å². The van der Waals surface area contributed by atoms with E-state index >= 15 is 0 Å². The molecule has 0 radical (unpaired) electrons. The number of aryl methyl sites for hydroxylation is 2. The number of aliphatic hydroxyl groups is 1. The molecule has 0 bridgehead atoms. The number of fused-ring (bicyclic) bond motifs is 1. The predicted molar refractivity (Wildman–Crippen MR) is 85.4 cm³/mol. The zero-order chi connectivity index (χ0) is 13.9. The van der Waals surface area contributed by atoms with Gasteiger partial charge in [0.15, 0.2) is 0 Å².